The van der Waals surface area contributed by atoms with Gasteiger partial charge in [-0.3, -0.25) is 4.79 Å². The summed E-state index contributed by atoms with van der Waals surface area (Å²) in [7, 11) is 4.13. The van der Waals surface area contributed by atoms with E-state index in [-0.39, 0.29) is 40.8 Å². The van der Waals surface area contributed by atoms with Crippen LogP contribution >= 0.6 is 11.3 Å². The Morgan fingerprint density at radius 3 is 2.34 bits per heavy atom. The van der Waals surface area contributed by atoms with Crippen molar-refractivity contribution < 1.29 is 37.7 Å². The summed E-state index contributed by atoms with van der Waals surface area (Å²) in [6.45, 7) is 1.37. The van der Waals surface area contributed by atoms with E-state index in [0.717, 1.165) is 0 Å². The first kappa shape index (κ1) is 22.9. The first-order chi connectivity index (χ1) is 15.4. The summed E-state index contributed by atoms with van der Waals surface area (Å²) in [6, 6.07) is 7.75. The van der Waals surface area contributed by atoms with Crippen LogP contribution in [-0.4, -0.2) is 39.2 Å². The van der Waals surface area contributed by atoms with E-state index in [2.05, 4.69) is 10.1 Å². The summed E-state index contributed by atoms with van der Waals surface area (Å²) in [5, 5.41) is 4.47. The number of esters is 2. The quantitative estimate of drug-likeness (QED) is 0.502. The lowest BCUT2D eigenvalue weighted by Gasteiger charge is -2.15. The molecule has 2 aromatic heterocycles. The lowest BCUT2D eigenvalue weighted by atomic mass is 10.1. The fourth-order valence-corrected chi connectivity index (χ4v) is 3.50. The number of carbonyl (C=O) groups is 3. The fraction of sp³-hybridized carbons (Fsp3) is 0.227. The summed E-state index contributed by atoms with van der Waals surface area (Å²) in [6.07, 6.45) is 0. The van der Waals surface area contributed by atoms with Crippen molar-refractivity contribution in [1.82, 2.24) is 0 Å². The van der Waals surface area contributed by atoms with Crippen LogP contribution in [0.2, 0.25) is 0 Å². The molecule has 0 saturated carbocycles. The first-order valence-electron chi connectivity index (χ1n) is 9.33. The van der Waals surface area contributed by atoms with Crippen LogP contribution in [0.25, 0.3) is 0 Å². The number of rotatable bonds is 8. The van der Waals surface area contributed by atoms with Crippen LogP contribution in [0.15, 0.2) is 40.1 Å². The zero-order valence-corrected chi connectivity index (χ0v) is 18.7. The highest BCUT2D eigenvalue weighted by molar-refractivity contribution is 7.12. The number of aryl methyl sites for hydroxylation is 1. The molecule has 1 N–H and O–H groups in total. The second kappa shape index (κ2) is 10.0. The maximum absolute atomic E-state index is 12.9. The number of ether oxygens (including phenoxy) is 4. The second-order valence-corrected chi connectivity index (χ2v) is 7.38. The van der Waals surface area contributed by atoms with E-state index in [4.69, 9.17) is 18.6 Å². The van der Waals surface area contributed by atoms with Gasteiger partial charge in [-0.1, -0.05) is 6.07 Å². The van der Waals surface area contributed by atoms with Crippen molar-refractivity contribution in [3.8, 4) is 11.5 Å². The molecule has 3 rings (SSSR count). The SMILES string of the molecule is COC(=O)c1cc(COC(=O)c2cc(OC)c(OC)cc2NC(=O)c2cccs2)oc1C. The van der Waals surface area contributed by atoms with Gasteiger partial charge in [0.1, 0.15) is 23.7 Å². The Morgan fingerprint density at radius 2 is 1.72 bits per heavy atom. The lowest BCUT2D eigenvalue weighted by Crippen LogP contribution is -2.15. The summed E-state index contributed by atoms with van der Waals surface area (Å²) in [5.74, 6) is -0.446. The zero-order chi connectivity index (χ0) is 23.3. The highest BCUT2D eigenvalue weighted by Crippen LogP contribution is 2.34. The number of benzene rings is 1. The molecule has 0 saturated heterocycles. The molecule has 1 amide bonds. The van der Waals surface area contributed by atoms with Gasteiger partial charge in [-0.25, -0.2) is 9.59 Å². The van der Waals surface area contributed by atoms with Crippen molar-refractivity contribution in [3.63, 3.8) is 0 Å². The van der Waals surface area contributed by atoms with Gasteiger partial charge in [0.05, 0.1) is 37.5 Å². The van der Waals surface area contributed by atoms with E-state index in [1.165, 1.54) is 50.9 Å². The zero-order valence-electron chi connectivity index (χ0n) is 17.8. The monoisotopic (exact) mass is 459 g/mol. The number of hydrogen-bond donors (Lipinski definition) is 1. The second-order valence-electron chi connectivity index (χ2n) is 6.43. The number of anilines is 1. The van der Waals surface area contributed by atoms with Gasteiger partial charge < -0.3 is 28.7 Å². The molecule has 10 heteroatoms. The minimum absolute atomic E-state index is 0.0593. The van der Waals surface area contributed by atoms with Gasteiger partial charge in [-0.2, -0.15) is 0 Å². The van der Waals surface area contributed by atoms with E-state index in [9.17, 15) is 14.4 Å². The van der Waals surface area contributed by atoms with E-state index >= 15 is 0 Å². The van der Waals surface area contributed by atoms with Crippen LogP contribution in [0, 0.1) is 6.92 Å². The van der Waals surface area contributed by atoms with Gasteiger partial charge in [-0.15, -0.1) is 11.3 Å². The maximum Gasteiger partial charge on any atom is 0.341 e. The molecule has 9 nitrogen and oxygen atoms in total. The molecule has 0 unspecified atom stereocenters. The third-order valence-electron chi connectivity index (χ3n) is 4.46. The van der Waals surface area contributed by atoms with Crippen molar-refractivity contribution in [2.45, 2.75) is 13.5 Å². The molecule has 0 bridgehead atoms. The predicted molar refractivity (Wildman–Crippen MR) is 116 cm³/mol. The molecule has 3 aromatic rings. The maximum atomic E-state index is 12.9. The Balaban J connectivity index is 1.85. The molecule has 0 aliphatic rings. The molecular weight excluding hydrogens is 438 g/mol. The Kier molecular flexibility index (Phi) is 7.16. The summed E-state index contributed by atoms with van der Waals surface area (Å²) in [4.78, 5) is 37.6. The standard InChI is InChI=1S/C22H21NO8S/c1-12-14(21(25)29-4)8-13(31-12)11-30-22(26)15-9-17(27-2)18(28-3)10-16(15)23-20(24)19-6-5-7-32-19/h5-10H,11H2,1-4H3,(H,23,24). The number of nitrogens with one attached hydrogen (secondary N) is 1. The topological polar surface area (TPSA) is 113 Å². The van der Waals surface area contributed by atoms with Crippen LogP contribution < -0.4 is 14.8 Å². The van der Waals surface area contributed by atoms with Crippen LogP contribution in [0.3, 0.4) is 0 Å². The molecule has 0 fully saturated rings. The molecule has 1 aromatic carbocycles. The van der Waals surface area contributed by atoms with Crippen molar-refractivity contribution in [2.75, 3.05) is 26.6 Å². The van der Waals surface area contributed by atoms with Gasteiger partial charge in [0, 0.05) is 12.1 Å². The molecule has 32 heavy (non-hydrogen) atoms. The number of amides is 1. The Hall–Kier alpha value is -3.79. The number of thiophene rings is 1. The smallest absolute Gasteiger partial charge is 0.341 e. The molecule has 0 radical (unpaired) electrons. The van der Waals surface area contributed by atoms with Crippen LogP contribution in [0.4, 0.5) is 5.69 Å². The molecule has 168 valence electrons. The van der Waals surface area contributed by atoms with Crippen molar-refractivity contribution in [2.24, 2.45) is 0 Å². The summed E-state index contributed by atoms with van der Waals surface area (Å²) < 4.78 is 26.0. The minimum atomic E-state index is -0.735. The normalized spacial score (nSPS) is 10.4. The van der Waals surface area contributed by atoms with E-state index in [1.807, 2.05) is 0 Å². The van der Waals surface area contributed by atoms with E-state index < -0.39 is 11.9 Å². The van der Waals surface area contributed by atoms with Crippen LogP contribution in [0.1, 0.15) is 41.9 Å². The third-order valence-corrected chi connectivity index (χ3v) is 5.33. The fourth-order valence-electron chi connectivity index (χ4n) is 2.88. The van der Waals surface area contributed by atoms with Gasteiger partial charge in [-0.05, 0) is 24.4 Å². The number of furan rings is 1. The first-order valence-corrected chi connectivity index (χ1v) is 10.2. The number of hydrogen-bond acceptors (Lipinski definition) is 9. The van der Waals surface area contributed by atoms with E-state index in [0.29, 0.717) is 16.4 Å². The van der Waals surface area contributed by atoms with Gasteiger partial charge in [0.2, 0.25) is 0 Å². The molecule has 0 aliphatic carbocycles. The van der Waals surface area contributed by atoms with Crippen molar-refractivity contribution in [3.05, 3.63) is 63.2 Å². The summed E-state index contributed by atoms with van der Waals surface area (Å²) in [5.41, 5.74) is 0.495. The molecular formula is C22H21NO8S. The third kappa shape index (κ3) is 4.92. The summed E-state index contributed by atoms with van der Waals surface area (Å²) >= 11 is 1.26. The molecule has 0 atom stereocenters. The average Bonchev–Trinajstić information content (AvgIpc) is 3.46. The minimum Gasteiger partial charge on any atom is -0.493 e. The van der Waals surface area contributed by atoms with Gasteiger partial charge in [0.15, 0.2) is 11.5 Å². The molecule has 0 aliphatic heterocycles. The molecule has 2 heterocycles. The Bertz CT molecular complexity index is 1130. The van der Waals surface area contributed by atoms with Crippen LogP contribution in [-0.2, 0) is 16.1 Å². The Labute approximate surface area is 187 Å². The van der Waals surface area contributed by atoms with Gasteiger partial charge in [0.25, 0.3) is 5.91 Å². The molecule has 0 spiro atoms. The highest BCUT2D eigenvalue weighted by atomic mass is 32.1. The van der Waals surface area contributed by atoms with Crippen molar-refractivity contribution in [1.29, 1.82) is 0 Å². The average molecular weight is 459 g/mol. The largest absolute Gasteiger partial charge is 0.493 e. The Morgan fingerprint density at radius 1 is 1.00 bits per heavy atom. The van der Waals surface area contributed by atoms with Crippen LogP contribution in [0.5, 0.6) is 11.5 Å². The van der Waals surface area contributed by atoms with Gasteiger partial charge >= 0.3 is 11.9 Å². The van der Waals surface area contributed by atoms with Crippen molar-refractivity contribution >= 4 is 34.9 Å². The number of carbonyl (C=O) groups excluding carboxylic acids is 3. The predicted octanol–water partition coefficient (Wildman–Crippen LogP) is 4.06. The highest BCUT2D eigenvalue weighted by Gasteiger charge is 2.22. The van der Waals surface area contributed by atoms with E-state index in [1.54, 1.807) is 24.4 Å². The lowest BCUT2D eigenvalue weighted by molar-refractivity contribution is 0.0444. The number of methoxy groups -OCH3 is 3.